The van der Waals surface area contributed by atoms with Crippen molar-refractivity contribution in [1.29, 1.82) is 0 Å². The zero-order valence-electron chi connectivity index (χ0n) is 13.5. The topological polar surface area (TPSA) is 26.8 Å². The second kappa shape index (κ2) is 5.97. The summed E-state index contributed by atoms with van der Waals surface area (Å²) in [7, 11) is 6.04. The van der Waals surface area contributed by atoms with Gasteiger partial charge in [0.1, 0.15) is 5.82 Å². The third-order valence-electron chi connectivity index (χ3n) is 4.75. The van der Waals surface area contributed by atoms with Crippen LogP contribution in [0.4, 0.5) is 4.39 Å². The van der Waals surface area contributed by atoms with E-state index in [2.05, 4.69) is 16.8 Å². The fourth-order valence-corrected chi connectivity index (χ4v) is 3.75. The molecule has 3 atom stereocenters. The lowest BCUT2D eigenvalue weighted by Crippen LogP contribution is -2.70. The lowest BCUT2D eigenvalue weighted by molar-refractivity contribution is -0.154. The predicted octanol–water partition coefficient (Wildman–Crippen LogP) is 1.39. The Labute approximate surface area is 131 Å². The Morgan fingerprint density at radius 2 is 1.86 bits per heavy atom. The predicted molar refractivity (Wildman–Crippen MR) is 84.2 cm³/mol. The highest BCUT2D eigenvalue weighted by Crippen LogP contribution is 2.35. The zero-order valence-corrected chi connectivity index (χ0v) is 13.5. The molecule has 5 heteroatoms. The fraction of sp³-hybridized carbons (Fsp3) is 0.588. The smallest absolute Gasteiger partial charge is 0.232 e. The van der Waals surface area contributed by atoms with Crippen molar-refractivity contribution in [2.75, 3.05) is 40.8 Å². The highest BCUT2D eigenvalue weighted by Gasteiger charge is 2.47. The standard InChI is InChI=1S/C17H24FN3O/c1-19(2)11-16(12-4-6-13(18)7-5-12)17(22)21-14-8-15(21)10-20(3)9-14/h4-7,14-16H,8-11H2,1-3H3. The molecule has 3 rings (SSSR count). The number of carbonyl (C=O) groups excluding carboxylic acids is 1. The van der Waals surface area contributed by atoms with Gasteiger partial charge in [0.2, 0.25) is 5.91 Å². The monoisotopic (exact) mass is 305 g/mol. The Morgan fingerprint density at radius 3 is 2.41 bits per heavy atom. The number of piperidine rings is 1. The maximum absolute atomic E-state index is 13.2. The van der Waals surface area contributed by atoms with Gasteiger partial charge in [0, 0.05) is 31.7 Å². The zero-order chi connectivity index (χ0) is 15.9. The van der Waals surface area contributed by atoms with E-state index in [1.165, 1.54) is 12.1 Å². The number of nitrogens with zero attached hydrogens (tertiary/aromatic N) is 3. The summed E-state index contributed by atoms with van der Waals surface area (Å²) in [5.74, 6) is -0.291. The second-order valence-electron chi connectivity index (χ2n) is 6.88. The van der Waals surface area contributed by atoms with E-state index < -0.39 is 0 Å². The first-order valence-corrected chi connectivity index (χ1v) is 7.86. The summed E-state index contributed by atoms with van der Waals surface area (Å²) in [6.07, 6.45) is 1.12. The fourth-order valence-electron chi connectivity index (χ4n) is 3.75. The molecule has 0 aliphatic carbocycles. The van der Waals surface area contributed by atoms with Crippen molar-refractivity contribution in [3.05, 3.63) is 35.6 Å². The molecule has 0 spiro atoms. The molecule has 1 amide bonds. The highest BCUT2D eigenvalue weighted by atomic mass is 19.1. The molecule has 4 nitrogen and oxygen atoms in total. The first-order chi connectivity index (χ1) is 10.5. The van der Waals surface area contributed by atoms with Crippen LogP contribution < -0.4 is 0 Å². The second-order valence-corrected chi connectivity index (χ2v) is 6.88. The van der Waals surface area contributed by atoms with Gasteiger partial charge in [-0.05, 0) is 45.3 Å². The number of fused-ring (bicyclic) bond motifs is 2. The Hall–Kier alpha value is -1.46. The maximum Gasteiger partial charge on any atom is 0.232 e. The molecule has 2 aliphatic heterocycles. The molecular formula is C17H24FN3O. The van der Waals surface area contributed by atoms with E-state index in [0.29, 0.717) is 18.6 Å². The molecule has 2 saturated heterocycles. The van der Waals surface area contributed by atoms with Crippen LogP contribution in [0.2, 0.25) is 0 Å². The molecule has 0 radical (unpaired) electrons. The summed E-state index contributed by atoms with van der Waals surface area (Å²) < 4.78 is 13.2. The van der Waals surface area contributed by atoms with Crippen LogP contribution in [0.15, 0.2) is 24.3 Å². The van der Waals surface area contributed by atoms with Crippen LogP contribution in [0, 0.1) is 5.82 Å². The van der Waals surface area contributed by atoms with Gasteiger partial charge in [-0.1, -0.05) is 12.1 Å². The van der Waals surface area contributed by atoms with E-state index in [0.717, 1.165) is 25.1 Å². The molecule has 0 N–H and O–H groups in total. The average Bonchev–Trinajstić information content (AvgIpc) is 2.45. The minimum Gasteiger partial charge on any atom is -0.333 e. The number of piperazine rings is 1. The Bertz CT molecular complexity index is 533. The summed E-state index contributed by atoms with van der Waals surface area (Å²) in [6.45, 7) is 2.57. The maximum atomic E-state index is 13.2. The van der Waals surface area contributed by atoms with Crippen LogP contribution in [0.3, 0.4) is 0 Å². The van der Waals surface area contributed by atoms with Crippen LogP contribution in [-0.2, 0) is 4.79 Å². The normalized spacial score (nSPS) is 26.0. The molecule has 2 aliphatic rings. The molecule has 3 unspecified atom stereocenters. The number of hydrogen-bond acceptors (Lipinski definition) is 3. The van der Waals surface area contributed by atoms with Gasteiger partial charge < -0.3 is 14.7 Å². The van der Waals surface area contributed by atoms with Gasteiger partial charge >= 0.3 is 0 Å². The third-order valence-corrected chi connectivity index (χ3v) is 4.75. The van der Waals surface area contributed by atoms with Gasteiger partial charge in [-0.3, -0.25) is 4.79 Å². The summed E-state index contributed by atoms with van der Waals surface area (Å²) in [4.78, 5) is 19.4. The summed E-state index contributed by atoms with van der Waals surface area (Å²) >= 11 is 0. The quantitative estimate of drug-likeness (QED) is 0.841. The van der Waals surface area contributed by atoms with Gasteiger partial charge in [-0.15, -0.1) is 0 Å². The third kappa shape index (κ3) is 2.88. The van der Waals surface area contributed by atoms with E-state index in [1.807, 2.05) is 19.0 Å². The summed E-state index contributed by atoms with van der Waals surface area (Å²) in [6, 6.07) is 7.06. The molecule has 2 bridgehead atoms. The molecular weight excluding hydrogens is 281 g/mol. The summed E-state index contributed by atoms with van der Waals surface area (Å²) in [5, 5.41) is 0. The van der Waals surface area contributed by atoms with Crippen molar-refractivity contribution in [3.63, 3.8) is 0 Å². The molecule has 0 saturated carbocycles. The van der Waals surface area contributed by atoms with Gasteiger partial charge in [0.05, 0.1) is 5.92 Å². The van der Waals surface area contributed by atoms with Gasteiger partial charge in [-0.2, -0.15) is 0 Å². The molecule has 120 valence electrons. The van der Waals surface area contributed by atoms with Crippen molar-refractivity contribution < 1.29 is 9.18 Å². The molecule has 0 aromatic heterocycles. The Kier molecular flexibility index (Phi) is 4.19. The van der Waals surface area contributed by atoms with E-state index >= 15 is 0 Å². The minimum atomic E-state index is -0.262. The number of rotatable bonds is 4. The summed E-state index contributed by atoms with van der Waals surface area (Å²) in [5.41, 5.74) is 0.901. The molecule has 2 fully saturated rings. The van der Waals surface area contributed by atoms with Crippen LogP contribution in [0.5, 0.6) is 0 Å². The van der Waals surface area contributed by atoms with Gasteiger partial charge in [0.25, 0.3) is 0 Å². The van der Waals surface area contributed by atoms with Crippen molar-refractivity contribution in [2.45, 2.75) is 24.4 Å². The van der Waals surface area contributed by atoms with Crippen molar-refractivity contribution in [3.8, 4) is 0 Å². The number of likely N-dealkylation sites (tertiary alicyclic amines) is 2. The van der Waals surface area contributed by atoms with Crippen LogP contribution >= 0.6 is 0 Å². The van der Waals surface area contributed by atoms with Crippen molar-refractivity contribution in [2.24, 2.45) is 0 Å². The largest absolute Gasteiger partial charge is 0.333 e. The number of carbonyl (C=O) groups is 1. The van der Waals surface area contributed by atoms with E-state index in [4.69, 9.17) is 0 Å². The average molecular weight is 305 g/mol. The number of benzene rings is 1. The van der Waals surface area contributed by atoms with Crippen LogP contribution in [-0.4, -0.2) is 73.5 Å². The Balaban J connectivity index is 1.80. The number of likely N-dealkylation sites (N-methyl/N-ethyl adjacent to an activating group) is 2. The van der Waals surface area contributed by atoms with Crippen LogP contribution in [0.25, 0.3) is 0 Å². The lowest BCUT2D eigenvalue weighted by Gasteiger charge is -2.56. The first kappa shape index (κ1) is 15.4. The van der Waals surface area contributed by atoms with Gasteiger partial charge in [-0.25, -0.2) is 4.39 Å². The van der Waals surface area contributed by atoms with Crippen molar-refractivity contribution in [1.82, 2.24) is 14.7 Å². The highest BCUT2D eigenvalue weighted by molar-refractivity contribution is 5.85. The van der Waals surface area contributed by atoms with Crippen LogP contribution in [0.1, 0.15) is 17.9 Å². The number of halogens is 1. The minimum absolute atomic E-state index is 0.189. The SMILES string of the molecule is CN(C)CC(C(=O)N1C2CC1CN(C)C2)c1ccc(F)cc1. The first-order valence-electron chi connectivity index (χ1n) is 7.86. The Morgan fingerprint density at radius 1 is 1.27 bits per heavy atom. The molecule has 22 heavy (non-hydrogen) atoms. The molecule has 2 heterocycles. The van der Waals surface area contributed by atoms with E-state index in [1.54, 1.807) is 12.1 Å². The van der Waals surface area contributed by atoms with E-state index in [-0.39, 0.29) is 17.6 Å². The lowest BCUT2D eigenvalue weighted by atomic mass is 9.84. The molecule has 1 aromatic rings. The van der Waals surface area contributed by atoms with Gasteiger partial charge in [0.15, 0.2) is 0 Å². The number of amides is 1. The van der Waals surface area contributed by atoms with Crippen molar-refractivity contribution >= 4 is 5.91 Å². The number of hydrogen-bond donors (Lipinski definition) is 0. The molecule has 1 aromatic carbocycles. The van der Waals surface area contributed by atoms with E-state index in [9.17, 15) is 9.18 Å².